The molecule has 1 aliphatic carbocycles. The Morgan fingerprint density at radius 1 is 1.29 bits per heavy atom. The quantitative estimate of drug-likeness (QED) is 0.820. The van der Waals surface area contributed by atoms with Crippen LogP contribution >= 0.6 is 0 Å². The third-order valence-electron chi connectivity index (χ3n) is 4.55. The molecule has 1 saturated heterocycles. The van der Waals surface area contributed by atoms with Crippen molar-refractivity contribution >= 4 is 5.97 Å². The maximum Gasteiger partial charge on any atom is 0.308 e. The second kappa shape index (κ2) is 5.85. The zero-order chi connectivity index (χ0) is 12.3. The molecule has 0 aromatic heterocycles. The van der Waals surface area contributed by atoms with Crippen molar-refractivity contribution in [2.45, 2.75) is 57.9 Å². The van der Waals surface area contributed by atoms with Crippen LogP contribution in [0.4, 0.5) is 0 Å². The molecular formula is C14H25NO2. The smallest absolute Gasteiger partial charge is 0.308 e. The summed E-state index contributed by atoms with van der Waals surface area (Å²) in [6.45, 7) is 4.47. The molecule has 0 spiro atoms. The number of carbonyl (C=O) groups is 1. The van der Waals surface area contributed by atoms with Crippen LogP contribution in [-0.4, -0.2) is 35.1 Å². The third kappa shape index (κ3) is 3.01. The fourth-order valence-electron chi connectivity index (χ4n) is 3.67. The lowest BCUT2D eigenvalue weighted by molar-refractivity contribution is -0.146. The van der Waals surface area contributed by atoms with Gasteiger partial charge in [-0.1, -0.05) is 19.8 Å². The normalized spacial score (nSPS) is 35.0. The molecule has 3 atom stereocenters. The van der Waals surface area contributed by atoms with E-state index in [2.05, 4.69) is 11.8 Å². The molecule has 1 aliphatic heterocycles. The van der Waals surface area contributed by atoms with Gasteiger partial charge in [0, 0.05) is 6.04 Å². The summed E-state index contributed by atoms with van der Waals surface area (Å²) in [5, 5.41) is 9.36. The van der Waals surface area contributed by atoms with Crippen LogP contribution in [-0.2, 0) is 4.79 Å². The maximum absolute atomic E-state index is 11.4. The number of carboxylic acid groups (broad SMARTS) is 1. The van der Waals surface area contributed by atoms with Gasteiger partial charge in [0.1, 0.15) is 0 Å². The topological polar surface area (TPSA) is 40.5 Å². The van der Waals surface area contributed by atoms with E-state index in [0.717, 1.165) is 38.3 Å². The molecule has 3 heteroatoms. The van der Waals surface area contributed by atoms with E-state index in [1.54, 1.807) is 0 Å². The fraction of sp³-hybridized carbons (Fsp3) is 0.929. The molecule has 2 fully saturated rings. The summed E-state index contributed by atoms with van der Waals surface area (Å²) < 4.78 is 0. The minimum atomic E-state index is -0.572. The van der Waals surface area contributed by atoms with E-state index in [-0.39, 0.29) is 5.92 Å². The van der Waals surface area contributed by atoms with Gasteiger partial charge in [-0.3, -0.25) is 9.69 Å². The van der Waals surface area contributed by atoms with E-state index in [0.29, 0.717) is 6.04 Å². The zero-order valence-electron chi connectivity index (χ0n) is 10.9. The van der Waals surface area contributed by atoms with E-state index in [1.165, 1.54) is 25.7 Å². The second-order valence-electron chi connectivity index (χ2n) is 5.72. The van der Waals surface area contributed by atoms with E-state index in [4.69, 9.17) is 0 Å². The van der Waals surface area contributed by atoms with Crippen molar-refractivity contribution < 1.29 is 9.90 Å². The molecule has 0 radical (unpaired) electrons. The van der Waals surface area contributed by atoms with Crippen molar-refractivity contribution in [3.63, 3.8) is 0 Å². The van der Waals surface area contributed by atoms with Gasteiger partial charge in [-0.2, -0.15) is 0 Å². The van der Waals surface area contributed by atoms with E-state index >= 15 is 0 Å². The predicted molar refractivity (Wildman–Crippen MR) is 68.0 cm³/mol. The molecule has 0 aromatic carbocycles. The average molecular weight is 239 g/mol. The summed E-state index contributed by atoms with van der Waals surface area (Å²) in [6.07, 6.45) is 8.13. The van der Waals surface area contributed by atoms with Gasteiger partial charge in [0.15, 0.2) is 0 Å². The lowest BCUT2D eigenvalue weighted by Gasteiger charge is -2.39. The van der Waals surface area contributed by atoms with E-state index in [1.807, 2.05) is 0 Å². The van der Waals surface area contributed by atoms with Crippen molar-refractivity contribution in [2.75, 3.05) is 13.1 Å². The highest BCUT2D eigenvalue weighted by molar-refractivity contribution is 5.71. The van der Waals surface area contributed by atoms with Gasteiger partial charge in [-0.15, -0.1) is 0 Å². The summed E-state index contributed by atoms with van der Waals surface area (Å²) in [5.41, 5.74) is 0. The van der Waals surface area contributed by atoms with Gasteiger partial charge in [-0.25, -0.2) is 0 Å². The monoisotopic (exact) mass is 239 g/mol. The van der Waals surface area contributed by atoms with E-state index in [9.17, 15) is 9.90 Å². The molecule has 2 rings (SSSR count). The van der Waals surface area contributed by atoms with Gasteiger partial charge in [0.2, 0.25) is 0 Å². The van der Waals surface area contributed by atoms with Crippen LogP contribution in [0.1, 0.15) is 51.9 Å². The Bertz CT molecular complexity index is 261. The summed E-state index contributed by atoms with van der Waals surface area (Å²) in [7, 11) is 0. The van der Waals surface area contributed by atoms with Crippen LogP contribution in [0.2, 0.25) is 0 Å². The molecule has 0 amide bonds. The Morgan fingerprint density at radius 3 is 2.59 bits per heavy atom. The molecule has 3 unspecified atom stereocenters. The van der Waals surface area contributed by atoms with Crippen molar-refractivity contribution in [1.29, 1.82) is 0 Å². The van der Waals surface area contributed by atoms with Crippen molar-refractivity contribution in [3.8, 4) is 0 Å². The van der Waals surface area contributed by atoms with Crippen molar-refractivity contribution in [3.05, 3.63) is 0 Å². The first-order valence-electron chi connectivity index (χ1n) is 7.19. The first-order chi connectivity index (χ1) is 8.22. The first kappa shape index (κ1) is 12.9. The number of nitrogens with zero attached hydrogens (tertiary/aromatic N) is 1. The average Bonchev–Trinajstić information content (AvgIpc) is 2.82. The summed E-state index contributed by atoms with van der Waals surface area (Å²) in [6, 6.07) is 0.320. The molecule has 0 aromatic rings. The standard InChI is InChI=1S/C14H25NO2/c1-2-5-11-6-7-12(14(16)17)13(10-11)15-8-3-4-9-15/h11-13H,2-10H2,1H3,(H,16,17). The largest absolute Gasteiger partial charge is 0.481 e. The summed E-state index contributed by atoms with van der Waals surface area (Å²) in [4.78, 5) is 13.8. The molecule has 1 saturated carbocycles. The maximum atomic E-state index is 11.4. The van der Waals surface area contributed by atoms with Crippen LogP contribution in [0.3, 0.4) is 0 Å². The Kier molecular flexibility index (Phi) is 4.43. The van der Waals surface area contributed by atoms with Crippen LogP contribution in [0.25, 0.3) is 0 Å². The lowest BCUT2D eigenvalue weighted by Crippen LogP contribution is -2.46. The number of hydrogen-bond acceptors (Lipinski definition) is 2. The summed E-state index contributed by atoms with van der Waals surface area (Å²) in [5.74, 6) is 0.0826. The first-order valence-corrected chi connectivity index (χ1v) is 7.19. The molecule has 0 bridgehead atoms. The van der Waals surface area contributed by atoms with Gasteiger partial charge >= 0.3 is 5.97 Å². The van der Waals surface area contributed by atoms with Crippen molar-refractivity contribution in [1.82, 2.24) is 4.90 Å². The highest BCUT2D eigenvalue weighted by Gasteiger charge is 2.38. The third-order valence-corrected chi connectivity index (χ3v) is 4.55. The SMILES string of the molecule is CCCC1CCC(C(=O)O)C(N2CCCC2)C1. The predicted octanol–water partition coefficient (Wildman–Crippen LogP) is 2.75. The molecule has 17 heavy (non-hydrogen) atoms. The van der Waals surface area contributed by atoms with Crippen LogP contribution in [0.15, 0.2) is 0 Å². The molecule has 1 heterocycles. The second-order valence-corrected chi connectivity index (χ2v) is 5.72. The highest BCUT2D eigenvalue weighted by atomic mass is 16.4. The number of carboxylic acids is 1. The molecule has 98 valence electrons. The molecule has 1 N–H and O–H groups in total. The molecule has 2 aliphatic rings. The minimum absolute atomic E-state index is 0.110. The molecular weight excluding hydrogens is 214 g/mol. The Morgan fingerprint density at radius 2 is 2.00 bits per heavy atom. The minimum Gasteiger partial charge on any atom is -0.481 e. The highest BCUT2D eigenvalue weighted by Crippen LogP contribution is 2.36. The number of rotatable bonds is 4. The van der Waals surface area contributed by atoms with Gasteiger partial charge < -0.3 is 5.11 Å². The number of hydrogen-bond donors (Lipinski definition) is 1. The van der Waals surface area contributed by atoms with Crippen LogP contribution in [0, 0.1) is 11.8 Å². The molecule has 3 nitrogen and oxygen atoms in total. The number of likely N-dealkylation sites (tertiary alicyclic amines) is 1. The fourth-order valence-corrected chi connectivity index (χ4v) is 3.67. The Balaban J connectivity index is 2.01. The van der Waals surface area contributed by atoms with Crippen molar-refractivity contribution in [2.24, 2.45) is 11.8 Å². The zero-order valence-corrected chi connectivity index (χ0v) is 10.9. The Labute approximate surface area is 104 Å². The Hall–Kier alpha value is -0.570. The van der Waals surface area contributed by atoms with Gasteiger partial charge in [0.05, 0.1) is 5.92 Å². The van der Waals surface area contributed by atoms with E-state index < -0.39 is 5.97 Å². The van der Waals surface area contributed by atoms with Gasteiger partial charge in [0.25, 0.3) is 0 Å². The van der Waals surface area contributed by atoms with Crippen LogP contribution in [0.5, 0.6) is 0 Å². The number of aliphatic carboxylic acids is 1. The van der Waals surface area contributed by atoms with Gasteiger partial charge in [-0.05, 0) is 51.1 Å². The lowest BCUT2D eigenvalue weighted by atomic mass is 9.76. The summed E-state index contributed by atoms with van der Waals surface area (Å²) >= 11 is 0. The van der Waals surface area contributed by atoms with Crippen LogP contribution < -0.4 is 0 Å².